The average molecular weight is 183 g/mol. The van der Waals surface area contributed by atoms with Crippen molar-refractivity contribution in [2.24, 2.45) is 0 Å². The molecule has 0 aromatic heterocycles. The molecule has 2 nitrogen and oxygen atoms in total. The van der Waals surface area contributed by atoms with Crippen molar-refractivity contribution in [1.82, 2.24) is 0 Å². The maximum absolute atomic E-state index is 5.85. The summed E-state index contributed by atoms with van der Waals surface area (Å²) in [6.07, 6.45) is 0. The van der Waals surface area contributed by atoms with E-state index >= 15 is 0 Å². The molecule has 0 atom stereocenters. The fourth-order valence-electron chi connectivity index (χ4n) is 1.43. The fourth-order valence-corrected chi connectivity index (χ4v) is 1.43. The van der Waals surface area contributed by atoms with Gasteiger partial charge in [-0.1, -0.05) is 36.4 Å². The molecule has 0 amide bonds. The Morgan fingerprint density at radius 2 is 1.57 bits per heavy atom. The van der Waals surface area contributed by atoms with Crippen molar-refractivity contribution in [3.63, 3.8) is 0 Å². The van der Waals surface area contributed by atoms with E-state index < -0.39 is 0 Å². The minimum atomic E-state index is 0.630. The highest BCUT2D eigenvalue weighted by molar-refractivity contribution is 5.83. The van der Waals surface area contributed by atoms with Crippen molar-refractivity contribution >= 4 is 11.4 Å². The standard InChI is InChI=1S/C12H11N2/c13-11-7-3-1-5-9(11)10-6-2-4-8-12(10)14/h1-7H,13-14H2. The van der Waals surface area contributed by atoms with Gasteiger partial charge in [-0.2, -0.15) is 0 Å². The molecule has 0 aliphatic heterocycles. The summed E-state index contributed by atoms with van der Waals surface area (Å²) < 4.78 is 0. The molecule has 0 heterocycles. The second kappa shape index (κ2) is 3.42. The van der Waals surface area contributed by atoms with E-state index in [4.69, 9.17) is 11.5 Å². The molecule has 0 saturated heterocycles. The number of nitrogen functional groups attached to an aromatic ring is 2. The van der Waals surface area contributed by atoms with Crippen molar-refractivity contribution in [3.8, 4) is 11.1 Å². The van der Waals surface area contributed by atoms with Crippen LogP contribution in [0.1, 0.15) is 0 Å². The predicted molar refractivity (Wildman–Crippen MR) is 59.5 cm³/mol. The van der Waals surface area contributed by atoms with Crippen LogP contribution in [0.5, 0.6) is 0 Å². The molecule has 0 spiro atoms. The number of para-hydroxylation sites is 2. The van der Waals surface area contributed by atoms with Gasteiger partial charge < -0.3 is 11.5 Å². The smallest absolute Gasteiger partial charge is 0.0474 e. The van der Waals surface area contributed by atoms with Crippen molar-refractivity contribution in [3.05, 3.63) is 48.5 Å². The zero-order chi connectivity index (χ0) is 9.97. The number of benzene rings is 2. The highest BCUT2D eigenvalue weighted by atomic mass is 14.6. The Morgan fingerprint density at radius 3 is 2.29 bits per heavy atom. The molecule has 1 radical (unpaired) electrons. The maximum Gasteiger partial charge on any atom is 0.0474 e. The lowest BCUT2D eigenvalue weighted by Gasteiger charge is -2.07. The van der Waals surface area contributed by atoms with Gasteiger partial charge in [0.15, 0.2) is 0 Å². The van der Waals surface area contributed by atoms with Crippen LogP contribution < -0.4 is 11.5 Å². The van der Waals surface area contributed by atoms with Crippen LogP contribution >= 0.6 is 0 Å². The SMILES string of the molecule is Nc1[c]cccc1-c1ccccc1N. The monoisotopic (exact) mass is 183 g/mol. The highest BCUT2D eigenvalue weighted by Gasteiger charge is 2.03. The summed E-state index contributed by atoms with van der Waals surface area (Å²) in [5.41, 5.74) is 14.9. The van der Waals surface area contributed by atoms with Gasteiger partial charge >= 0.3 is 0 Å². The molecule has 0 saturated carbocycles. The summed E-state index contributed by atoms with van der Waals surface area (Å²) in [6.45, 7) is 0. The second-order valence-electron chi connectivity index (χ2n) is 3.08. The Balaban J connectivity index is 2.61. The lowest BCUT2D eigenvalue weighted by atomic mass is 10.0. The molecule has 14 heavy (non-hydrogen) atoms. The summed E-state index contributed by atoms with van der Waals surface area (Å²) in [5, 5.41) is 0. The molecule has 0 fully saturated rings. The summed E-state index contributed by atoms with van der Waals surface area (Å²) in [4.78, 5) is 0. The van der Waals surface area contributed by atoms with E-state index in [-0.39, 0.29) is 0 Å². The molecule has 4 N–H and O–H groups in total. The first kappa shape index (κ1) is 8.63. The van der Waals surface area contributed by atoms with Crippen molar-refractivity contribution in [2.75, 3.05) is 11.5 Å². The van der Waals surface area contributed by atoms with E-state index in [9.17, 15) is 0 Å². The summed E-state index contributed by atoms with van der Waals surface area (Å²) in [5.74, 6) is 0. The van der Waals surface area contributed by atoms with E-state index in [0.29, 0.717) is 5.69 Å². The minimum absolute atomic E-state index is 0.630. The Morgan fingerprint density at radius 1 is 0.857 bits per heavy atom. The Hall–Kier alpha value is -1.96. The van der Waals surface area contributed by atoms with Crippen LogP contribution in [0.2, 0.25) is 0 Å². The number of hydrogen-bond donors (Lipinski definition) is 2. The van der Waals surface area contributed by atoms with Crippen LogP contribution in [-0.2, 0) is 0 Å². The molecule has 2 aromatic rings. The highest BCUT2D eigenvalue weighted by Crippen LogP contribution is 2.29. The van der Waals surface area contributed by atoms with Gasteiger partial charge in [-0.15, -0.1) is 0 Å². The third kappa shape index (κ3) is 1.42. The number of anilines is 2. The van der Waals surface area contributed by atoms with Gasteiger partial charge in [0.05, 0.1) is 0 Å². The van der Waals surface area contributed by atoms with Gasteiger partial charge in [0.25, 0.3) is 0 Å². The van der Waals surface area contributed by atoms with E-state index in [1.807, 2.05) is 36.4 Å². The Labute approximate surface area is 83.2 Å². The summed E-state index contributed by atoms with van der Waals surface area (Å²) >= 11 is 0. The molecule has 0 bridgehead atoms. The molecule has 0 unspecified atom stereocenters. The zero-order valence-corrected chi connectivity index (χ0v) is 7.70. The molecule has 0 aliphatic rings. The molecule has 2 heteroatoms. The van der Waals surface area contributed by atoms with Gasteiger partial charge in [-0.05, 0) is 6.07 Å². The number of rotatable bonds is 1. The predicted octanol–water partition coefficient (Wildman–Crippen LogP) is 2.32. The van der Waals surface area contributed by atoms with E-state index in [0.717, 1.165) is 16.8 Å². The van der Waals surface area contributed by atoms with Crippen LogP contribution in [0.4, 0.5) is 11.4 Å². The van der Waals surface area contributed by atoms with Crippen LogP contribution in [-0.4, -0.2) is 0 Å². The van der Waals surface area contributed by atoms with E-state index in [2.05, 4.69) is 6.07 Å². The quantitative estimate of drug-likeness (QED) is 0.666. The Bertz CT molecular complexity index is 406. The molecular weight excluding hydrogens is 172 g/mol. The first-order valence-electron chi connectivity index (χ1n) is 4.40. The maximum atomic E-state index is 5.85. The van der Waals surface area contributed by atoms with E-state index in [1.165, 1.54) is 0 Å². The van der Waals surface area contributed by atoms with Gasteiger partial charge in [0.2, 0.25) is 0 Å². The van der Waals surface area contributed by atoms with Crippen LogP contribution in [0, 0.1) is 6.07 Å². The normalized spacial score (nSPS) is 10.0. The minimum Gasteiger partial charge on any atom is -0.398 e. The topological polar surface area (TPSA) is 52.0 Å². The van der Waals surface area contributed by atoms with E-state index in [1.54, 1.807) is 6.07 Å². The average Bonchev–Trinajstić information content (AvgIpc) is 2.20. The number of hydrogen-bond acceptors (Lipinski definition) is 2. The lowest BCUT2D eigenvalue weighted by molar-refractivity contribution is 1.60. The van der Waals surface area contributed by atoms with Gasteiger partial charge in [0.1, 0.15) is 0 Å². The summed E-state index contributed by atoms with van der Waals surface area (Å²) in [6, 6.07) is 16.2. The van der Waals surface area contributed by atoms with Crippen LogP contribution in [0.25, 0.3) is 11.1 Å². The lowest BCUT2D eigenvalue weighted by Crippen LogP contribution is -1.93. The second-order valence-corrected chi connectivity index (χ2v) is 3.08. The zero-order valence-electron chi connectivity index (χ0n) is 7.70. The van der Waals surface area contributed by atoms with Gasteiger partial charge in [-0.25, -0.2) is 0 Å². The first-order chi connectivity index (χ1) is 6.79. The Kier molecular flexibility index (Phi) is 2.11. The van der Waals surface area contributed by atoms with Crippen molar-refractivity contribution < 1.29 is 0 Å². The third-order valence-corrected chi connectivity index (χ3v) is 2.14. The fraction of sp³-hybridized carbons (Fsp3) is 0. The van der Waals surface area contributed by atoms with Crippen molar-refractivity contribution in [1.29, 1.82) is 0 Å². The van der Waals surface area contributed by atoms with Crippen LogP contribution in [0.15, 0.2) is 42.5 Å². The van der Waals surface area contributed by atoms with Gasteiger partial charge in [0, 0.05) is 28.6 Å². The number of nitrogens with two attached hydrogens (primary N) is 2. The third-order valence-electron chi connectivity index (χ3n) is 2.14. The molecule has 0 aliphatic carbocycles. The molecule has 69 valence electrons. The molecule has 2 rings (SSSR count). The van der Waals surface area contributed by atoms with Gasteiger partial charge in [-0.3, -0.25) is 0 Å². The van der Waals surface area contributed by atoms with Crippen LogP contribution in [0.3, 0.4) is 0 Å². The van der Waals surface area contributed by atoms with Crippen molar-refractivity contribution in [2.45, 2.75) is 0 Å². The summed E-state index contributed by atoms with van der Waals surface area (Å²) in [7, 11) is 0. The first-order valence-corrected chi connectivity index (χ1v) is 4.40. The molecular formula is C12H11N2. The largest absolute Gasteiger partial charge is 0.398 e. The molecule has 2 aromatic carbocycles.